The Balaban J connectivity index is 2.06. The van der Waals surface area contributed by atoms with Crippen LogP contribution < -0.4 is 16.6 Å². The molecule has 0 radical (unpaired) electrons. The van der Waals surface area contributed by atoms with E-state index in [4.69, 9.17) is 0 Å². The van der Waals surface area contributed by atoms with E-state index in [1.54, 1.807) is 13.1 Å². The molecule has 0 spiro atoms. The van der Waals surface area contributed by atoms with Crippen LogP contribution in [-0.4, -0.2) is 21.3 Å². The fourth-order valence-corrected chi connectivity index (χ4v) is 3.96. The molecular weight excluding hydrogens is 346 g/mol. The van der Waals surface area contributed by atoms with Crippen molar-refractivity contribution in [2.75, 3.05) is 11.6 Å². The Morgan fingerprint density at radius 3 is 2.58 bits per heavy atom. The Labute approximate surface area is 145 Å². The van der Waals surface area contributed by atoms with Gasteiger partial charge >= 0.3 is 5.69 Å². The van der Waals surface area contributed by atoms with Crippen LogP contribution in [0.1, 0.15) is 9.67 Å². The second-order valence-corrected chi connectivity index (χ2v) is 7.07. The molecule has 0 bridgehead atoms. The lowest BCUT2D eigenvalue weighted by Crippen LogP contribution is -2.36. The molecule has 0 unspecified atom stereocenters. The molecule has 2 aromatic heterocycles. The molecule has 2 heterocycles. The van der Waals surface area contributed by atoms with Gasteiger partial charge in [0.2, 0.25) is 0 Å². The maximum atomic E-state index is 12.5. The van der Waals surface area contributed by atoms with Gasteiger partial charge in [0.05, 0.1) is 16.0 Å². The summed E-state index contributed by atoms with van der Waals surface area (Å²) in [7, 11) is 3.02. The lowest BCUT2D eigenvalue weighted by Gasteiger charge is -2.07. The number of aromatic nitrogens is 2. The number of para-hydroxylation sites is 1. The average molecular weight is 361 g/mol. The van der Waals surface area contributed by atoms with Crippen LogP contribution in [0, 0.1) is 0 Å². The van der Waals surface area contributed by atoms with Crippen molar-refractivity contribution in [1.82, 2.24) is 9.13 Å². The smallest absolute Gasteiger partial charge is 0.320 e. The van der Waals surface area contributed by atoms with Crippen molar-refractivity contribution in [3.05, 3.63) is 56.0 Å². The molecule has 0 saturated carbocycles. The predicted octanol–water partition coefficient (Wildman–Crippen LogP) is 2.27. The lowest BCUT2D eigenvalue weighted by atomic mass is 10.3. The van der Waals surface area contributed by atoms with E-state index in [1.807, 2.05) is 30.5 Å². The fourth-order valence-electron chi connectivity index (χ4n) is 2.41. The highest BCUT2D eigenvalue weighted by Crippen LogP contribution is 2.27. The number of carbonyl (C=O) groups is 1. The normalized spacial score (nSPS) is 11.0. The summed E-state index contributed by atoms with van der Waals surface area (Å²) in [5.74, 6) is -0.299. The second-order valence-electron chi connectivity index (χ2n) is 5.19. The zero-order valence-corrected chi connectivity index (χ0v) is 15.0. The first-order valence-electron chi connectivity index (χ1n) is 7.08. The van der Waals surface area contributed by atoms with Crippen LogP contribution in [0.2, 0.25) is 0 Å². The molecule has 1 aromatic carbocycles. The molecule has 3 rings (SSSR count). The number of nitrogens with one attached hydrogen (secondary N) is 1. The third-order valence-electron chi connectivity index (χ3n) is 3.70. The summed E-state index contributed by atoms with van der Waals surface area (Å²) >= 11 is 2.67. The molecule has 0 fully saturated rings. The maximum Gasteiger partial charge on any atom is 0.331 e. The maximum absolute atomic E-state index is 12.5. The average Bonchev–Trinajstić information content (AvgIpc) is 3.04. The Bertz CT molecular complexity index is 1060. The number of thiophene rings is 1. The van der Waals surface area contributed by atoms with Crippen LogP contribution in [0.4, 0.5) is 5.69 Å². The van der Waals surface area contributed by atoms with E-state index in [9.17, 15) is 14.4 Å². The van der Waals surface area contributed by atoms with E-state index >= 15 is 0 Å². The first-order valence-corrected chi connectivity index (χ1v) is 9.12. The molecule has 0 atom stereocenters. The second kappa shape index (κ2) is 6.29. The van der Waals surface area contributed by atoms with Gasteiger partial charge in [-0.2, -0.15) is 0 Å². The number of nitrogens with zero attached hydrogens (tertiary/aromatic N) is 2. The summed E-state index contributed by atoms with van der Waals surface area (Å²) in [5.41, 5.74) is -0.0869. The number of carbonyl (C=O) groups excluding carboxylic acids is 1. The van der Waals surface area contributed by atoms with E-state index in [0.717, 1.165) is 20.8 Å². The topological polar surface area (TPSA) is 73.1 Å². The number of amides is 1. The van der Waals surface area contributed by atoms with Crippen LogP contribution >= 0.6 is 23.1 Å². The number of fused-ring (bicyclic) bond motifs is 1. The van der Waals surface area contributed by atoms with Gasteiger partial charge in [0.25, 0.3) is 11.5 Å². The molecule has 24 heavy (non-hydrogen) atoms. The van der Waals surface area contributed by atoms with Gasteiger partial charge in [-0.3, -0.25) is 18.7 Å². The van der Waals surface area contributed by atoms with Gasteiger partial charge in [-0.15, -0.1) is 23.1 Å². The van der Waals surface area contributed by atoms with E-state index in [2.05, 4.69) is 5.32 Å². The van der Waals surface area contributed by atoms with Gasteiger partial charge in [0, 0.05) is 19.0 Å². The number of hydrogen-bond acceptors (Lipinski definition) is 5. The van der Waals surface area contributed by atoms with Gasteiger partial charge < -0.3 is 5.32 Å². The summed E-state index contributed by atoms with van der Waals surface area (Å²) in [6.45, 7) is 0. The van der Waals surface area contributed by atoms with E-state index in [-0.39, 0.29) is 5.91 Å². The van der Waals surface area contributed by atoms with Crippen molar-refractivity contribution in [1.29, 1.82) is 0 Å². The highest BCUT2D eigenvalue weighted by molar-refractivity contribution is 7.98. The Hall–Kier alpha value is -2.32. The highest BCUT2D eigenvalue weighted by Gasteiger charge is 2.17. The van der Waals surface area contributed by atoms with Crippen molar-refractivity contribution < 1.29 is 4.79 Å². The number of thioether (sulfide) groups is 1. The Morgan fingerprint density at radius 1 is 1.17 bits per heavy atom. The third-order valence-corrected chi connectivity index (χ3v) is 5.71. The standard InChI is InChI=1S/C16H15N3O3S2/c1-18-14(21)9-8-12(24-15(9)19(2)16(18)22)13(20)17-10-6-4-5-7-11(10)23-3/h4-8H,1-3H3,(H,17,20). The molecule has 1 amide bonds. The zero-order chi connectivity index (χ0) is 17.4. The summed E-state index contributed by atoms with van der Waals surface area (Å²) in [4.78, 5) is 38.6. The predicted molar refractivity (Wildman–Crippen MR) is 98.5 cm³/mol. The largest absolute Gasteiger partial charge is 0.331 e. The van der Waals surface area contributed by atoms with E-state index < -0.39 is 11.2 Å². The molecule has 0 aliphatic rings. The monoisotopic (exact) mass is 361 g/mol. The minimum Gasteiger partial charge on any atom is -0.320 e. The minimum atomic E-state index is -0.408. The summed E-state index contributed by atoms with van der Waals surface area (Å²) in [6, 6.07) is 9.04. The molecular formula is C16H15N3O3S2. The fraction of sp³-hybridized carbons (Fsp3) is 0.188. The van der Waals surface area contributed by atoms with Crippen LogP contribution in [0.5, 0.6) is 0 Å². The molecule has 0 saturated heterocycles. The van der Waals surface area contributed by atoms with Gasteiger partial charge in [-0.1, -0.05) is 12.1 Å². The van der Waals surface area contributed by atoms with Gasteiger partial charge in [0.1, 0.15) is 4.83 Å². The Kier molecular flexibility index (Phi) is 4.33. The van der Waals surface area contributed by atoms with Crippen LogP contribution in [0.3, 0.4) is 0 Å². The SMILES string of the molecule is CSc1ccccc1NC(=O)c1cc2c(=O)n(C)c(=O)n(C)c2s1. The number of rotatable bonds is 3. The lowest BCUT2D eigenvalue weighted by molar-refractivity contribution is 0.103. The number of benzene rings is 1. The summed E-state index contributed by atoms with van der Waals surface area (Å²) < 4.78 is 2.42. The van der Waals surface area contributed by atoms with E-state index in [0.29, 0.717) is 20.8 Å². The van der Waals surface area contributed by atoms with Crippen molar-refractivity contribution in [2.24, 2.45) is 14.1 Å². The van der Waals surface area contributed by atoms with E-state index in [1.165, 1.54) is 23.4 Å². The van der Waals surface area contributed by atoms with Crippen molar-refractivity contribution in [2.45, 2.75) is 4.90 Å². The minimum absolute atomic E-state index is 0.299. The quantitative estimate of drug-likeness (QED) is 0.727. The van der Waals surface area contributed by atoms with Crippen LogP contribution in [0.25, 0.3) is 10.2 Å². The number of aryl methyl sites for hydroxylation is 1. The molecule has 124 valence electrons. The zero-order valence-electron chi connectivity index (χ0n) is 13.3. The summed E-state index contributed by atoms with van der Waals surface area (Å²) in [6.07, 6.45) is 1.93. The third kappa shape index (κ3) is 2.67. The number of hydrogen-bond donors (Lipinski definition) is 1. The Morgan fingerprint density at radius 2 is 1.88 bits per heavy atom. The van der Waals surface area contributed by atoms with Crippen LogP contribution in [0.15, 0.2) is 44.8 Å². The molecule has 8 heteroatoms. The van der Waals surface area contributed by atoms with Crippen molar-refractivity contribution in [3.8, 4) is 0 Å². The first-order chi connectivity index (χ1) is 11.4. The molecule has 3 aromatic rings. The van der Waals surface area contributed by atoms with Crippen molar-refractivity contribution in [3.63, 3.8) is 0 Å². The highest BCUT2D eigenvalue weighted by atomic mass is 32.2. The van der Waals surface area contributed by atoms with Gasteiger partial charge in [-0.25, -0.2) is 4.79 Å². The molecule has 1 N–H and O–H groups in total. The first kappa shape index (κ1) is 16.5. The molecule has 0 aliphatic heterocycles. The van der Waals surface area contributed by atoms with Gasteiger partial charge in [0.15, 0.2) is 0 Å². The summed E-state index contributed by atoms with van der Waals surface area (Å²) in [5, 5.41) is 3.23. The van der Waals surface area contributed by atoms with Crippen molar-refractivity contribution >= 4 is 44.9 Å². The van der Waals surface area contributed by atoms with Crippen LogP contribution in [-0.2, 0) is 14.1 Å². The molecule has 0 aliphatic carbocycles. The number of anilines is 1. The molecule has 6 nitrogen and oxygen atoms in total. The van der Waals surface area contributed by atoms with Gasteiger partial charge in [-0.05, 0) is 24.5 Å².